The van der Waals surface area contributed by atoms with Crippen molar-refractivity contribution in [2.75, 3.05) is 19.5 Å². The van der Waals surface area contributed by atoms with Crippen LogP contribution in [0.5, 0.6) is 5.75 Å². The molecule has 0 amide bonds. The average Bonchev–Trinajstić information content (AvgIpc) is 2.71. The largest absolute Gasteiger partial charge is 0.496 e. The van der Waals surface area contributed by atoms with Gasteiger partial charge in [-0.05, 0) is 53.2 Å². The van der Waals surface area contributed by atoms with E-state index in [1.165, 1.54) is 0 Å². The molecule has 2 heterocycles. The van der Waals surface area contributed by atoms with Crippen LogP contribution in [0.3, 0.4) is 0 Å². The fraction of sp³-hybridized carbons (Fsp3) is 0.211. The first kappa shape index (κ1) is 18.2. The van der Waals surface area contributed by atoms with Gasteiger partial charge in [0.25, 0.3) is 0 Å². The molecule has 0 bridgehead atoms. The molecule has 0 fully saturated rings. The van der Waals surface area contributed by atoms with E-state index in [4.69, 9.17) is 20.0 Å². The summed E-state index contributed by atoms with van der Waals surface area (Å²) in [5.74, 6) is 0.932. The predicted octanol–water partition coefficient (Wildman–Crippen LogP) is -0.0663. The van der Waals surface area contributed by atoms with Crippen LogP contribution in [0.2, 0.25) is 0 Å². The minimum Gasteiger partial charge on any atom is -0.496 e. The molecule has 2 aromatic carbocycles. The molecule has 142 valence electrons. The van der Waals surface area contributed by atoms with Crippen LogP contribution >= 0.6 is 0 Å². The van der Waals surface area contributed by atoms with Crippen molar-refractivity contribution in [3.8, 4) is 16.9 Å². The lowest BCUT2D eigenvalue weighted by molar-refractivity contribution is -0.900. The molecule has 28 heavy (non-hydrogen) atoms. The Balaban J connectivity index is 1.90. The summed E-state index contributed by atoms with van der Waals surface area (Å²) in [7, 11) is 0.666. The molecule has 0 radical (unpaired) electrons. The van der Waals surface area contributed by atoms with E-state index in [-0.39, 0.29) is 12.3 Å². The molecule has 0 saturated heterocycles. The zero-order valence-electron chi connectivity index (χ0n) is 15.5. The second-order valence-corrected chi connectivity index (χ2v) is 6.53. The number of carbonyl (C=O) groups is 1. The number of hydrogen-bond donors (Lipinski definition) is 2. The molecule has 0 aliphatic carbocycles. The SMILES string of the molecule is COc1cc2c(cc1-c1ccc3c(N)[n+](OC=O)nc(C)c3c1)B(O)OCC2. The molecule has 0 atom stereocenters. The summed E-state index contributed by atoms with van der Waals surface area (Å²) < 4.78 is 10.9. The van der Waals surface area contributed by atoms with Gasteiger partial charge in [-0.2, -0.15) is 0 Å². The van der Waals surface area contributed by atoms with Crippen LogP contribution in [0.4, 0.5) is 5.82 Å². The van der Waals surface area contributed by atoms with Crippen LogP contribution in [0.15, 0.2) is 30.3 Å². The molecule has 1 aliphatic heterocycles. The van der Waals surface area contributed by atoms with Crippen molar-refractivity contribution >= 4 is 35.6 Å². The quantitative estimate of drug-likeness (QED) is 0.371. The van der Waals surface area contributed by atoms with E-state index in [1.54, 1.807) is 14.0 Å². The normalized spacial score (nSPS) is 13.3. The van der Waals surface area contributed by atoms with Crippen LogP contribution in [-0.4, -0.2) is 37.4 Å². The Bertz CT molecular complexity index is 1090. The Labute approximate surface area is 161 Å². The highest BCUT2D eigenvalue weighted by molar-refractivity contribution is 6.61. The summed E-state index contributed by atoms with van der Waals surface area (Å²) in [5.41, 5.74) is 10.2. The van der Waals surface area contributed by atoms with Gasteiger partial charge in [0, 0.05) is 17.6 Å². The minimum atomic E-state index is -0.952. The number of carbonyl (C=O) groups excluding carboxylic acids is 1. The monoisotopic (exact) mass is 380 g/mol. The number of nitrogen functional groups attached to an aromatic ring is 1. The lowest BCUT2D eigenvalue weighted by atomic mass is 9.72. The van der Waals surface area contributed by atoms with Crippen LogP contribution in [0.25, 0.3) is 21.9 Å². The molecule has 3 aromatic rings. The Hall–Kier alpha value is -3.17. The summed E-state index contributed by atoms with van der Waals surface area (Å²) in [5, 5.41) is 15.9. The number of aromatic nitrogens is 2. The molecule has 1 aromatic heterocycles. The second kappa shape index (κ2) is 7.10. The van der Waals surface area contributed by atoms with Crippen LogP contribution in [0.1, 0.15) is 11.3 Å². The third-order valence-electron chi connectivity index (χ3n) is 4.96. The van der Waals surface area contributed by atoms with Gasteiger partial charge < -0.3 is 14.4 Å². The van der Waals surface area contributed by atoms with E-state index in [0.29, 0.717) is 23.4 Å². The Morgan fingerprint density at radius 2 is 2.14 bits per heavy atom. The topological polar surface area (TPSA) is 108 Å². The average molecular weight is 380 g/mol. The highest BCUT2D eigenvalue weighted by Crippen LogP contribution is 2.34. The maximum atomic E-state index is 10.6. The van der Waals surface area contributed by atoms with Gasteiger partial charge in [-0.3, -0.25) is 10.5 Å². The fourth-order valence-corrected chi connectivity index (χ4v) is 3.55. The number of ether oxygens (including phenoxy) is 1. The van der Waals surface area contributed by atoms with Gasteiger partial charge in [0.05, 0.1) is 23.0 Å². The minimum absolute atomic E-state index is 0.223. The van der Waals surface area contributed by atoms with E-state index in [9.17, 15) is 9.82 Å². The molecule has 3 N–H and O–H groups in total. The smallest absolute Gasteiger partial charge is 0.491 e. The molecular weight excluding hydrogens is 361 g/mol. The van der Waals surface area contributed by atoms with E-state index in [1.807, 2.05) is 30.3 Å². The molecule has 0 spiro atoms. The summed E-state index contributed by atoms with van der Waals surface area (Å²) in [6, 6.07) is 9.51. The highest BCUT2D eigenvalue weighted by atomic mass is 16.7. The number of nitrogens with zero attached hydrogens (tertiary/aromatic N) is 2. The molecule has 0 saturated carbocycles. The van der Waals surface area contributed by atoms with Crippen molar-refractivity contribution in [1.29, 1.82) is 0 Å². The van der Waals surface area contributed by atoms with Gasteiger partial charge in [-0.1, -0.05) is 12.1 Å². The number of nitrogens with two attached hydrogens (primary N) is 1. The fourth-order valence-electron chi connectivity index (χ4n) is 3.55. The van der Waals surface area contributed by atoms with Crippen molar-refractivity contribution < 1.29 is 28.9 Å². The first-order chi connectivity index (χ1) is 13.5. The highest BCUT2D eigenvalue weighted by Gasteiger charge is 2.27. The third kappa shape index (κ3) is 2.94. The number of aryl methyl sites for hydroxylation is 1. The molecule has 0 unspecified atom stereocenters. The Morgan fingerprint density at radius 3 is 2.89 bits per heavy atom. The first-order valence-corrected chi connectivity index (χ1v) is 8.77. The van der Waals surface area contributed by atoms with E-state index < -0.39 is 7.12 Å². The van der Waals surface area contributed by atoms with Crippen molar-refractivity contribution in [3.05, 3.63) is 41.6 Å². The van der Waals surface area contributed by atoms with Gasteiger partial charge in [0.1, 0.15) is 5.75 Å². The van der Waals surface area contributed by atoms with Crippen LogP contribution in [0, 0.1) is 6.92 Å². The maximum absolute atomic E-state index is 10.6. The Kier molecular flexibility index (Phi) is 4.62. The van der Waals surface area contributed by atoms with Gasteiger partial charge >= 0.3 is 19.4 Å². The van der Waals surface area contributed by atoms with Gasteiger partial charge in [-0.25, -0.2) is 4.84 Å². The number of anilines is 1. The number of fused-ring (bicyclic) bond motifs is 2. The van der Waals surface area contributed by atoms with Crippen molar-refractivity contribution in [3.63, 3.8) is 0 Å². The number of benzene rings is 2. The lowest BCUT2D eigenvalue weighted by Crippen LogP contribution is -2.48. The third-order valence-corrected chi connectivity index (χ3v) is 4.96. The predicted molar refractivity (Wildman–Crippen MR) is 103 cm³/mol. The molecule has 1 aliphatic rings. The second-order valence-electron chi connectivity index (χ2n) is 6.53. The summed E-state index contributed by atoms with van der Waals surface area (Å²) in [6.45, 7) is 2.55. The van der Waals surface area contributed by atoms with Crippen LogP contribution < -0.4 is 25.6 Å². The zero-order valence-corrected chi connectivity index (χ0v) is 15.5. The summed E-state index contributed by atoms with van der Waals surface area (Å²) >= 11 is 0. The number of rotatable bonds is 4. The first-order valence-electron chi connectivity index (χ1n) is 8.77. The van der Waals surface area contributed by atoms with Crippen molar-refractivity contribution in [2.45, 2.75) is 13.3 Å². The van der Waals surface area contributed by atoms with Gasteiger partial charge in [-0.15, -0.1) is 0 Å². The number of methoxy groups -OCH3 is 1. The summed E-state index contributed by atoms with van der Waals surface area (Å²) in [6.07, 6.45) is 0.719. The lowest BCUT2D eigenvalue weighted by Gasteiger charge is -2.22. The van der Waals surface area contributed by atoms with Gasteiger partial charge in [0.15, 0.2) is 0 Å². The van der Waals surface area contributed by atoms with Gasteiger partial charge in [0.2, 0.25) is 0 Å². The zero-order chi connectivity index (χ0) is 19.8. The standard InChI is InChI=1S/C19H18BN3O5/c1-11-15-7-12(3-4-14(15)19(21)23(22-11)28-10-24)16-9-17-13(8-18(16)26-2)5-6-27-20(17)25/h3-4,7-10,21,25H,5-6H2,1-2H3/p+1. The molecular formula is C19H19BN3O5+. The molecule has 8 nitrogen and oxygen atoms in total. The maximum Gasteiger partial charge on any atom is 0.491 e. The summed E-state index contributed by atoms with van der Waals surface area (Å²) in [4.78, 5) is 16.4. The van der Waals surface area contributed by atoms with Crippen molar-refractivity contribution in [2.24, 2.45) is 0 Å². The molecule has 9 heteroatoms. The van der Waals surface area contributed by atoms with Crippen molar-refractivity contribution in [1.82, 2.24) is 5.10 Å². The van der Waals surface area contributed by atoms with E-state index in [0.717, 1.165) is 38.8 Å². The Morgan fingerprint density at radius 1 is 1.32 bits per heavy atom. The van der Waals surface area contributed by atoms with E-state index in [2.05, 4.69) is 5.10 Å². The van der Waals surface area contributed by atoms with Crippen LogP contribution in [-0.2, 0) is 15.9 Å². The van der Waals surface area contributed by atoms with E-state index >= 15 is 0 Å². The molecule has 4 rings (SSSR count). The number of hydrogen-bond acceptors (Lipinski definition) is 7.